The summed E-state index contributed by atoms with van der Waals surface area (Å²) in [7, 11) is 4.82. The predicted molar refractivity (Wildman–Crippen MR) is 81.2 cm³/mol. The van der Waals surface area contributed by atoms with Crippen molar-refractivity contribution in [2.75, 3.05) is 13.6 Å². The van der Waals surface area contributed by atoms with Crippen LogP contribution in [0.5, 0.6) is 0 Å². The number of rotatable bonds is 4. The molecule has 1 amide bonds. The fourth-order valence-electron chi connectivity index (χ4n) is 1.97. The quantitative estimate of drug-likeness (QED) is 0.807. The first-order valence-electron chi connectivity index (χ1n) is 6.77. The number of carbonyl (C=O) groups is 1. The van der Waals surface area contributed by atoms with Gasteiger partial charge in [-0.2, -0.15) is 0 Å². The van der Waals surface area contributed by atoms with E-state index in [1.54, 1.807) is 19.0 Å². The summed E-state index contributed by atoms with van der Waals surface area (Å²) >= 11 is 0. The molecule has 0 unspecified atom stereocenters. The zero-order chi connectivity index (χ0) is 16.4. The van der Waals surface area contributed by atoms with E-state index >= 15 is 0 Å². The second-order valence-electron chi connectivity index (χ2n) is 6.34. The van der Waals surface area contributed by atoms with E-state index in [1.807, 2.05) is 20.8 Å². The average Bonchev–Trinajstić information content (AvgIpc) is 2.30. The number of hydrogen-bond acceptors (Lipinski definition) is 4. The molecule has 0 aromatic carbocycles. The van der Waals surface area contributed by atoms with Gasteiger partial charge in [0.05, 0.1) is 6.54 Å². The Morgan fingerprint density at radius 1 is 1.24 bits per heavy atom. The van der Waals surface area contributed by atoms with E-state index in [9.17, 15) is 14.4 Å². The van der Waals surface area contributed by atoms with Crippen molar-refractivity contribution in [3.8, 4) is 0 Å². The Labute approximate surface area is 124 Å². The highest BCUT2D eigenvalue weighted by molar-refractivity contribution is 5.78. The maximum Gasteiger partial charge on any atom is 0.330 e. The molecule has 0 saturated heterocycles. The molecule has 1 rings (SSSR count). The van der Waals surface area contributed by atoms with E-state index in [-0.39, 0.29) is 29.2 Å². The molecule has 1 N–H and O–H groups in total. The van der Waals surface area contributed by atoms with E-state index < -0.39 is 0 Å². The number of amides is 1. The van der Waals surface area contributed by atoms with Gasteiger partial charge in [-0.25, -0.2) is 4.79 Å². The summed E-state index contributed by atoms with van der Waals surface area (Å²) in [5.41, 5.74) is -0.423. The fraction of sp³-hybridized carbons (Fsp3) is 0.643. The number of carbonyl (C=O) groups excluding carboxylic acids is 1. The third kappa shape index (κ3) is 4.86. The third-order valence-corrected chi connectivity index (χ3v) is 2.99. The number of aromatic nitrogens is 2. The highest BCUT2D eigenvalue weighted by Gasteiger charge is 2.16. The van der Waals surface area contributed by atoms with Crippen LogP contribution in [-0.4, -0.2) is 39.1 Å². The van der Waals surface area contributed by atoms with Crippen molar-refractivity contribution < 1.29 is 4.79 Å². The number of hydrogen-bond donors (Lipinski definition) is 1. The van der Waals surface area contributed by atoms with E-state index in [1.165, 1.54) is 17.7 Å². The summed E-state index contributed by atoms with van der Waals surface area (Å²) in [5, 5.41) is 2.87. The zero-order valence-electron chi connectivity index (χ0n) is 13.6. The molecule has 21 heavy (non-hydrogen) atoms. The molecule has 0 aliphatic carbocycles. The average molecular weight is 296 g/mol. The van der Waals surface area contributed by atoms with Crippen molar-refractivity contribution in [2.24, 2.45) is 14.1 Å². The fourth-order valence-corrected chi connectivity index (χ4v) is 1.97. The minimum absolute atomic E-state index is 0.0983. The molecule has 0 aliphatic heterocycles. The Bertz CT molecular complexity index is 637. The molecular formula is C14H24N4O3. The molecule has 0 atom stereocenters. The molecule has 0 fully saturated rings. The molecule has 1 heterocycles. The van der Waals surface area contributed by atoms with E-state index in [0.29, 0.717) is 12.2 Å². The van der Waals surface area contributed by atoms with Crippen LogP contribution in [0.2, 0.25) is 0 Å². The zero-order valence-corrected chi connectivity index (χ0v) is 13.6. The normalized spacial score (nSPS) is 11.8. The molecule has 0 saturated carbocycles. The lowest BCUT2D eigenvalue weighted by Gasteiger charge is -2.23. The van der Waals surface area contributed by atoms with Crippen LogP contribution in [-0.2, 0) is 25.4 Å². The van der Waals surface area contributed by atoms with Gasteiger partial charge in [-0.05, 0) is 27.8 Å². The molecule has 7 heteroatoms. The van der Waals surface area contributed by atoms with E-state index in [4.69, 9.17) is 0 Å². The Morgan fingerprint density at radius 3 is 2.33 bits per heavy atom. The number of nitrogens with one attached hydrogen (secondary N) is 1. The van der Waals surface area contributed by atoms with Crippen LogP contribution in [0.25, 0.3) is 0 Å². The molecule has 7 nitrogen and oxygen atoms in total. The Morgan fingerprint density at radius 2 is 1.81 bits per heavy atom. The van der Waals surface area contributed by atoms with Gasteiger partial charge in [-0.3, -0.25) is 23.6 Å². The molecule has 0 spiro atoms. The number of nitrogens with zero attached hydrogens (tertiary/aromatic N) is 3. The van der Waals surface area contributed by atoms with Gasteiger partial charge in [0, 0.05) is 37.9 Å². The van der Waals surface area contributed by atoms with Gasteiger partial charge in [0.25, 0.3) is 5.56 Å². The highest BCUT2D eigenvalue weighted by atomic mass is 16.2. The first-order chi connectivity index (χ1) is 9.51. The lowest BCUT2D eigenvalue weighted by molar-refractivity contribution is -0.123. The monoisotopic (exact) mass is 296 g/mol. The molecule has 1 aromatic heterocycles. The van der Waals surface area contributed by atoms with Crippen molar-refractivity contribution in [1.29, 1.82) is 0 Å². The second-order valence-corrected chi connectivity index (χ2v) is 6.34. The van der Waals surface area contributed by atoms with E-state index in [2.05, 4.69) is 5.32 Å². The van der Waals surface area contributed by atoms with Crippen LogP contribution in [0.15, 0.2) is 15.7 Å². The van der Waals surface area contributed by atoms with Crippen LogP contribution >= 0.6 is 0 Å². The van der Waals surface area contributed by atoms with Gasteiger partial charge >= 0.3 is 5.69 Å². The summed E-state index contributed by atoms with van der Waals surface area (Å²) in [4.78, 5) is 37.1. The Kier molecular flexibility index (Phi) is 5.11. The van der Waals surface area contributed by atoms with Gasteiger partial charge in [0.1, 0.15) is 0 Å². The third-order valence-electron chi connectivity index (χ3n) is 2.99. The van der Waals surface area contributed by atoms with Gasteiger partial charge in [0.2, 0.25) is 5.91 Å². The molecule has 0 radical (unpaired) electrons. The van der Waals surface area contributed by atoms with Crippen LogP contribution < -0.4 is 16.6 Å². The first-order valence-corrected chi connectivity index (χ1v) is 6.77. The SMILES string of the molecule is CN(CC(=O)NC(C)(C)C)Cc1cc(=O)n(C)c(=O)n1C. The molecule has 118 valence electrons. The van der Waals surface area contributed by atoms with Crippen molar-refractivity contribution in [1.82, 2.24) is 19.4 Å². The first kappa shape index (κ1) is 17.2. The summed E-state index contributed by atoms with van der Waals surface area (Å²) in [6, 6.07) is 1.42. The lowest BCUT2D eigenvalue weighted by atomic mass is 10.1. The smallest absolute Gasteiger partial charge is 0.330 e. The summed E-state index contributed by atoms with van der Waals surface area (Å²) in [6.45, 7) is 6.28. The van der Waals surface area contributed by atoms with Crippen molar-refractivity contribution in [3.63, 3.8) is 0 Å². The van der Waals surface area contributed by atoms with Crippen molar-refractivity contribution >= 4 is 5.91 Å². The van der Waals surface area contributed by atoms with E-state index in [0.717, 1.165) is 4.57 Å². The second kappa shape index (κ2) is 6.26. The van der Waals surface area contributed by atoms with Gasteiger partial charge < -0.3 is 5.32 Å². The van der Waals surface area contributed by atoms with Crippen molar-refractivity contribution in [3.05, 3.63) is 32.6 Å². The van der Waals surface area contributed by atoms with Crippen LogP contribution in [0.3, 0.4) is 0 Å². The van der Waals surface area contributed by atoms with Gasteiger partial charge in [-0.15, -0.1) is 0 Å². The van der Waals surface area contributed by atoms with Gasteiger partial charge in [-0.1, -0.05) is 0 Å². The topological polar surface area (TPSA) is 76.3 Å². The van der Waals surface area contributed by atoms with Gasteiger partial charge in [0.15, 0.2) is 0 Å². The summed E-state index contributed by atoms with van der Waals surface area (Å²) in [6.07, 6.45) is 0. The largest absolute Gasteiger partial charge is 0.350 e. The highest BCUT2D eigenvalue weighted by Crippen LogP contribution is 2.00. The van der Waals surface area contributed by atoms with Crippen LogP contribution in [0.1, 0.15) is 26.5 Å². The van der Waals surface area contributed by atoms with Crippen LogP contribution in [0.4, 0.5) is 0 Å². The standard InChI is InChI=1S/C14H24N4O3/c1-14(2,3)15-11(19)9-16(4)8-10-7-12(20)18(6)13(21)17(10)5/h7H,8-9H2,1-6H3,(H,15,19). The Hall–Kier alpha value is -1.89. The minimum atomic E-state index is -0.370. The minimum Gasteiger partial charge on any atom is -0.350 e. The lowest BCUT2D eigenvalue weighted by Crippen LogP contribution is -2.45. The molecule has 0 bridgehead atoms. The maximum absolute atomic E-state index is 11.8. The Balaban J connectivity index is 2.81. The van der Waals surface area contributed by atoms with Crippen LogP contribution in [0, 0.1) is 0 Å². The predicted octanol–water partition coefficient (Wildman–Crippen LogP) is -0.569. The molecule has 1 aromatic rings. The summed E-state index contributed by atoms with van der Waals surface area (Å²) < 4.78 is 2.47. The number of likely N-dealkylation sites (N-methyl/N-ethyl adjacent to an activating group) is 1. The molecule has 0 aliphatic rings. The summed E-state index contributed by atoms with van der Waals surface area (Å²) in [5.74, 6) is -0.0983. The maximum atomic E-state index is 11.8. The van der Waals surface area contributed by atoms with Crippen molar-refractivity contribution in [2.45, 2.75) is 32.9 Å². The molecular weight excluding hydrogens is 272 g/mol.